The smallest absolute Gasteiger partial charge is 0.149 e. The van der Waals surface area contributed by atoms with Gasteiger partial charge in [0.15, 0.2) is 0 Å². The highest BCUT2D eigenvalue weighted by Crippen LogP contribution is 2.13. The predicted octanol–water partition coefficient (Wildman–Crippen LogP) is 0.964. The predicted molar refractivity (Wildman–Crippen MR) is 40.9 cm³/mol. The molecule has 2 nitrogen and oxygen atoms in total. The van der Waals surface area contributed by atoms with Crippen LogP contribution in [-0.2, 0) is 4.79 Å². The minimum Gasteiger partial charge on any atom is -0.307 e. The minimum atomic E-state index is 0.167. The largest absolute Gasteiger partial charge is 0.307 e. The van der Waals surface area contributed by atoms with Crippen LogP contribution in [0.1, 0.15) is 26.7 Å². The first kappa shape index (κ1) is 7.73. The van der Waals surface area contributed by atoms with Gasteiger partial charge in [0.1, 0.15) is 5.78 Å². The SMILES string of the molecule is CCC(=O)[C@@H]1C[C@H](C)CN1. The van der Waals surface area contributed by atoms with Crippen LogP contribution >= 0.6 is 0 Å². The Morgan fingerprint density at radius 3 is 2.80 bits per heavy atom. The maximum absolute atomic E-state index is 11.1. The molecule has 1 fully saturated rings. The monoisotopic (exact) mass is 141 g/mol. The summed E-state index contributed by atoms with van der Waals surface area (Å²) in [4.78, 5) is 11.1. The lowest BCUT2D eigenvalue weighted by molar-refractivity contribution is -0.120. The molecule has 0 aliphatic carbocycles. The first-order valence-corrected chi connectivity index (χ1v) is 4.00. The summed E-state index contributed by atoms with van der Waals surface area (Å²) < 4.78 is 0. The van der Waals surface area contributed by atoms with Crippen LogP contribution in [0.4, 0.5) is 0 Å². The summed E-state index contributed by atoms with van der Waals surface area (Å²) in [5, 5.41) is 3.21. The van der Waals surface area contributed by atoms with Crippen LogP contribution in [0.15, 0.2) is 0 Å². The molecular formula is C8H15NO. The van der Waals surface area contributed by atoms with Crippen molar-refractivity contribution in [2.24, 2.45) is 5.92 Å². The average molecular weight is 141 g/mol. The van der Waals surface area contributed by atoms with E-state index in [0.717, 1.165) is 13.0 Å². The Kier molecular flexibility index (Phi) is 2.44. The molecule has 1 rings (SSSR count). The molecule has 10 heavy (non-hydrogen) atoms. The normalized spacial score (nSPS) is 32.6. The third-order valence-corrected chi connectivity index (χ3v) is 2.09. The summed E-state index contributed by atoms with van der Waals surface area (Å²) in [5.74, 6) is 1.05. The van der Waals surface area contributed by atoms with Crippen LogP contribution in [-0.4, -0.2) is 18.4 Å². The Labute approximate surface area is 62.0 Å². The van der Waals surface area contributed by atoms with Crippen LogP contribution in [0.25, 0.3) is 0 Å². The molecule has 0 saturated carbocycles. The fourth-order valence-electron chi connectivity index (χ4n) is 1.40. The number of carbonyl (C=O) groups excluding carboxylic acids is 1. The number of Topliss-reactive ketones (excluding diaryl/α,β-unsaturated/α-hetero) is 1. The fraction of sp³-hybridized carbons (Fsp3) is 0.875. The lowest BCUT2D eigenvalue weighted by atomic mass is 10.0. The molecule has 0 spiro atoms. The fourth-order valence-corrected chi connectivity index (χ4v) is 1.40. The third kappa shape index (κ3) is 1.57. The second-order valence-electron chi connectivity index (χ2n) is 3.12. The van der Waals surface area contributed by atoms with E-state index in [4.69, 9.17) is 0 Å². The molecular weight excluding hydrogens is 126 g/mol. The zero-order valence-corrected chi connectivity index (χ0v) is 6.68. The third-order valence-electron chi connectivity index (χ3n) is 2.09. The van der Waals surface area contributed by atoms with E-state index in [1.807, 2.05) is 6.92 Å². The average Bonchev–Trinajstić information content (AvgIpc) is 2.34. The summed E-state index contributed by atoms with van der Waals surface area (Å²) in [6.07, 6.45) is 1.71. The maximum Gasteiger partial charge on any atom is 0.149 e. The van der Waals surface area contributed by atoms with Crippen LogP contribution in [0.3, 0.4) is 0 Å². The van der Waals surface area contributed by atoms with Crippen molar-refractivity contribution in [1.82, 2.24) is 5.32 Å². The minimum absolute atomic E-state index is 0.167. The molecule has 1 saturated heterocycles. The Balaban J connectivity index is 2.37. The van der Waals surface area contributed by atoms with Crippen LogP contribution in [0, 0.1) is 5.92 Å². The first-order chi connectivity index (χ1) is 4.74. The van der Waals surface area contributed by atoms with Crippen LogP contribution < -0.4 is 5.32 Å². The van der Waals surface area contributed by atoms with Gasteiger partial charge in [0, 0.05) is 6.42 Å². The van der Waals surface area contributed by atoms with E-state index in [1.165, 1.54) is 0 Å². The molecule has 1 heterocycles. The van der Waals surface area contributed by atoms with Crippen molar-refractivity contribution >= 4 is 5.78 Å². The number of nitrogens with one attached hydrogen (secondary N) is 1. The van der Waals surface area contributed by atoms with E-state index in [2.05, 4.69) is 12.2 Å². The van der Waals surface area contributed by atoms with Gasteiger partial charge in [-0.1, -0.05) is 13.8 Å². The summed E-state index contributed by atoms with van der Waals surface area (Å²) in [7, 11) is 0. The lowest BCUT2D eigenvalue weighted by Gasteiger charge is -2.05. The van der Waals surface area contributed by atoms with E-state index >= 15 is 0 Å². The molecule has 0 radical (unpaired) electrons. The molecule has 58 valence electrons. The van der Waals surface area contributed by atoms with Gasteiger partial charge in [-0.05, 0) is 18.9 Å². The van der Waals surface area contributed by atoms with Gasteiger partial charge < -0.3 is 5.32 Å². The van der Waals surface area contributed by atoms with Gasteiger partial charge >= 0.3 is 0 Å². The Morgan fingerprint density at radius 2 is 2.40 bits per heavy atom. The van der Waals surface area contributed by atoms with Crippen molar-refractivity contribution < 1.29 is 4.79 Å². The molecule has 1 N–H and O–H groups in total. The Morgan fingerprint density at radius 1 is 1.70 bits per heavy atom. The van der Waals surface area contributed by atoms with Gasteiger partial charge in [-0.2, -0.15) is 0 Å². The zero-order chi connectivity index (χ0) is 7.56. The molecule has 0 aromatic heterocycles. The van der Waals surface area contributed by atoms with Gasteiger partial charge in [0.2, 0.25) is 0 Å². The van der Waals surface area contributed by atoms with Gasteiger partial charge in [0.25, 0.3) is 0 Å². The molecule has 2 heteroatoms. The molecule has 0 aromatic rings. The molecule has 0 amide bonds. The van der Waals surface area contributed by atoms with Crippen molar-refractivity contribution in [2.45, 2.75) is 32.7 Å². The van der Waals surface area contributed by atoms with Gasteiger partial charge in [-0.15, -0.1) is 0 Å². The standard InChI is InChI=1S/C8H15NO/c1-3-8(10)7-4-6(2)5-9-7/h6-7,9H,3-5H2,1-2H3/t6-,7-/m0/s1. The second kappa shape index (κ2) is 3.15. The van der Waals surface area contributed by atoms with Crippen molar-refractivity contribution in [1.29, 1.82) is 0 Å². The summed E-state index contributed by atoms with van der Waals surface area (Å²) >= 11 is 0. The van der Waals surface area contributed by atoms with Gasteiger partial charge in [-0.3, -0.25) is 4.79 Å². The highest BCUT2D eigenvalue weighted by atomic mass is 16.1. The van der Waals surface area contributed by atoms with Crippen molar-refractivity contribution in [3.05, 3.63) is 0 Å². The topological polar surface area (TPSA) is 29.1 Å². The van der Waals surface area contributed by atoms with Gasteiger partial charge in [-0.25, -0.2) is 0 Å². The number of hydrogen-bond acceptors (Lipinski definition) is 2. The summed E-state index contributed by atoms with van der Waals surface area (Å²) in [6, 6.07) is 0.167. The molecule has 0 aromatic carbocycles. The molecule has 2 atom stereocenters. The van der Waals surface area contributed by atoms with Crippen molar-refractivity contribution in [3.63, 3.8) is 0 Å². The Hall–Kier alpha value is -0.370. The molecule has 1 aliphatic rings. The van der Waals surface area contributed by atoms with Crippen molar-refractivity contribution in [2.75, 3.05) is 6.54 Å². The van der Waals surface area contributed by atoms with Gasteiger partial charge in [0.05, 0.1) is 6.04 Å². The molecule has 1 aliphatic heterocycles. The van der Waals surface area contributed by atoms with E-state index < -0.39 is 0 Å². The van der Waals surface area contributed by atoms with E-state index in [-0.39, 0.29) is 6.04 Å². The van der Waals surface area contributed by atoms with Crippen LogP contribution in [0.5, 0.6) is 0 Å². The molecule has 0 bridgehead atoms. The maximum atomic E-state index is 11.1. The van der Waals surface area contributed by atoms with Crippen molar-refractivity contribution in [3.8, 4) is 0 Å². The number of hydrogen-bond donors (Lipinski definition) is 1. The Bertz CT molecular complexity index is 133. The van der Waals surface area contributed by atoms with Crippen LogP contribution in [0.2, 0.25) is 0 Å². The second-order valence-corrected chi connectivity index (χ2v) is 3.12. The quantitative estimate of drug-likeness (QED) is 0.620. The van der Waals surface area contributed by atoms with E-state index in [9.17, 15) is 4.79 Å². The highest BCUT2D eigenvalue weighted by molar-refractivity contribution is 5.83. The summed E-state index contributed by atoms with van der Waals surface area (Å²) in [6.45, 7) is 5.11. The first-order valence-electron chi connectivity index (χ1n) is 4.00. The summed E-state index contributed by atoms with van der Waals surface area (Å²) in [5.41, 5.74) is 0. The van der Waals surface area contributed by atoms with E-state index in [1.54, 1.807) is 0 Å². The number of ketones is 1. The number of rotatable bonds is 2. The zero-order valence-electron chi connectivity index (χ0n) is 6.68. The number of carbonyl (C=O) groups is 1. The van der Waals surface area contributed by atoms with E-state index in [0.29, 0.717) is 18.1 Å². The lowest BCUT2D eigenvalue weighted by Crippen LogP contribution is -2.29. The molecule has 0 unspecified atom stereocenters. The highest BCUT2D eigenvalue weighted by Gasteiger charge is 2.24.